The summed E-state index contributed by atoms with van der Waals surface area (Å²) in [6.07, 6.45) is 2.93. The molecule has 10 rings (SSSR count). The number of hydrogen-bond acceptors (Lipinski definition) is 2. The fourth-order valence-corrected chi connectivity index (χ4v) is 10.8. The first kappa shape index (κ1) is 48.4. The summed E-state index contributed by atoms with van der Waals surface area (Å²) in [5.41, 5.74) is 25.9. The molecule has 0 atom stereocenters. The largest absolute Gasteiger partial charge is 0.310 e. The second kappa shape index (κ2) is 21.3. The maximum absolute atomic E-state index is 2.46. The van der Waals surface area contributed by atoms with Crippen molar-refractivity contribution in [3.8, 4) is 44.5 Å². The van der Waals surface area contributed by atoms with Crippen LogP contribution < -0.4 is 9.80 Å². The van der Waals surface area contributed by atoms with E-state index in [4.69, 9.17) is 0 Å². The van der Waals surface area contributed by atoms with Crippen LogP contribution in [0.25, 0.3) is 44.5 Å². The summed E-state index contributed by atoms with van der Waals surface area (Å²) in [7, 11) is 0. The Bertz CT molecular complexity index is 3510. The van der Waals surface area contributed by atoms with Crippen molar-refractivity contribution in [2.24, 2.45) is 0 Å². The molecule has 0 fully saturated rings. The minimum absolute atomic E-state index is 0.0639. The average molecular weight is 947 g/mol. The van der Waals surface area contributed by atoms with Gasteiger partial charge in [-0.2, -0.15) is 0 Å². The zero-order valence-electron chi connectivity index (χ0n) is 43.5. The SMILES string of the molecule is CCc1cc(N(c2cccc(-c3ccccc3)c2)c2ccc(-c3ccccc3C)cc2C)ccc1C(C)(C)CCc1ccc(N(c2cccc(-c3ccccc3)c2)c2ccc(-c3ccccc3C)cc2C)cc1. The van der Waals surface area contributed by atoms with Gasteiger partial charge in [0.2, 0.25) is 0 Å². The molecule has 0 unspecified atom stereocenters. The van der Waals surface area contributed by atoms with Gasteiger partial charge in [-0.25, -0.2) is 0 Å². The third-order valence-electron chi connectivity index (χ3n) is 14.9. The lowest BCUT2D eigenvalue weighted by molar-refractivity contribution is 0.476. The monoisotopic (exact) mass is 947 g/mol. The van der Waals surface area contributed by atoms with E-state index in [9.17, 15) is 0 Å². The summed E-state index contributed by atoms with van der Waals surface area (Å²) in [5, 5.41) is 0. The number of anilines is 6. The van der Waals surface area contributed by atoms with Gasteiger partial charge in [-0.1, -0.05) is 185 Å². The van der Waals surface area contributed by atoms with E-state index >= 15 is 0 Å². The highest BCUT2D eigenvalue weighted by molar-refractivity contribution is 5.85. The molecule has 0 aliphatic carbocycles. The lowest BCUT2D eigenvalue weighted by Gasteiger charge is -2.32. The summed E-state index contributed by atoms with van der Waals surface area (Å²) in [6, 6.07) is 87.0. The summed E-state index contributed by atoms with van der Waals surface area (Å²) in [4.78, 5) is 4.88. The molecule has 10 aromatic carbocycles. The van der Waals surface area contributed by atoms with Crippen molar-refractivity contribution < 1.29 is 0 Å². The van der Waals surface area contributed by atoms with E-state index in [-0.39, 0.29) is 5.41 Å². The number of hydrogen-bond donors (Lipinski definition) is 0. The second-order valence-corrected chi connectivity index (χ2v) is 20.4. The Morgan fingerprint density at radius 3 is 1.26 bits per heavy atom. The zero-order valence-corrected chi connectivity index (χ0v) is 43.5. The van der Waals surface area contributed by atoms with Crippen LogP contribution in [0, 0.1) is 27.7 Å². The summed E-state index contributed by atoms with van der Waals surface area (Å²) >= 11 is 0. The molecule has 10 aromatic rings. The van der Waals surface area contributed by atoms with Crippen molar-refractivity contribution >= 4 is 34.1 Å². The normalized spacial score (nSPS) is 11.4. The number of nitrogens with zero attached hydrogens (tertiary/aromatic N) is 2. The van der Waals surface area contributed by atoms with Crippen molar-refractivity contribution in [2.45, 2.75) is 73.1 Å². The third kappa shape index (κ3) is 10.4. The predicted octanol–water partition coefficient (Wildman–Crippen LogP) is 20.0. The Kier molecular flexibility index (Phi) is 14.1. The molecule has 2 heteroatoms. The Morgan fingerprint density at radius 1 is 0.342 bits per heavy atom. The second-order valence-electron chi connectivity index (χ2n) is 20.4. The lowest BCUT2D eigenvalue weighted by atomic mass is 9.77. The molecule has 2 nitrogen and oxygen atoms in total. The summed E-state index contributed by atoms with van der Waals surface area (Å²) in [5.74, 6) is 0. The van der Waals surface area contributed by atoms with Crippen LogP contribution in [-0.2, 0) is 18.3 Å². The fraction of sp³-hybridized carbons (Fsp3) is 0.155. The standard InChI is InChI=1S/C71H66N2/c1-8-55-47-65(73(64-30-20-28-59(49-64)57-25-13-10-14-26-57)70-42-36-61(46-53(70)5)67-32-18-16-22-51(67)3)39-40-68(55)71(6,7)44-43-54-33-37-62(38-34-54)72(63-29-19-27-58(48-63)56-23-11-9-12-24-56)69-41-35-60(45-52(69)4)66-31-17-15-21-50(66)2/h9-42,45-49H,8,43-44H2,1-7H3. The van der Waals surface area contributed by atoms with Gasteiger partial charge in [-0.05, 0) is 209 Å². The Hall–Kier alpha value is -8.20. The van der Waals surface area contributed by atoms with Crippen LogP contribution in [0.4, 0.5) is 34.1 Å². The highest BCUT2D eigenvalue weighted by Gasteiger charge is 2.26. The predicted molar refractivity (Wildman–Crippen MR) is 314 cm³/mol. The van der Waals surface area contributed by atoms with Gasteiger partial charge < -0.3 is 9.80 Å². The number of rotatable bonds is 15. The van der Waals surface area contributed by atoms with Gasteiger partial charge in [0.1, 0.15) is 0 Å². The summed E-state index contributed by atoms with van der Waals surface area (Å²) in [6.45, 7) is 16.0. The van der Waals surface area contributed by atoms with Crippen molar-refractivity contribution in [1.29, 1.82) is 0 Å². The van der Waals surface area contributed by atoms with Crippen molar-refractivity contribution in [3.63, 3.8) is 0 Å². The molecular formula is C71H66N2. The quantitative estimate of drug-likeness (QED) is 0.101. The van der Waals surface area contributed by atoms with Gasteiger partial charge in [-0.15, -0.1) is 0 Å². The minimum atomic E-state index is -0.0639. The molecular weight excluding hydrogens is 881 g/mol. The van der Waals surface area contributed by atoms with Gasteiger partial charge >= 0.3 is 0 Å². The van der Waals surface area contributed by atoms with Crippen LogP contribution in [0.1, 0.15) is 66.1 Å². The first-order chi connectivity index (χ1) is 35.5. The molecule has 0 spiro atoms. The van der Waals surface area contributed by atoms with Crippen LogP contribution in [0.5, 0.6) is 0 Å². The average Bonchev–Trinajstić information content (AvgIpc) is 3.42. The van der Waals surface area contributed by atoms with Crippen LogP contribution in [0.2, 0.25) is 0 Å². The Morgan fingerprint density at radius 2 is 0.781 bits per heavy atom. The molecule has 0 saturated carbocycles. The van der Waals surface area contributed by atoms with E-state index in [1.54, 1.807) is 0 Å². The molecule has 0 aliphatic rings. The molecule has 0 radical (unpaired) electrons. The molecule has 0 amide bonds. The van der Waals surface area contributed by atoms with Crippen molar-refractivity contribution in [1.82, 2.24) is 0 Å². The molecule has 0 saturated heterocycles. The molecule has 0 bridgehead atoms. The van der Waals surface area contributed by atoms with Crippen LogP contribution in [-0.4, -0.2) is 0 Å². The first-order valence-corrected chi connectivity index (χ1v) is 26.0. The molecule has 73 heavy (non-hydrogen) atoms. The molecule has 0 aliphatic heterocycles. The maximum Gasteiger partial charge on any atom is 0.0491 e. The topological polar surface area (TPSA) is 6.48 Å². The van der Waals surface area contributed by atoms with Crippen LogP contribution >= 0.6 is 0 Å². The molecule has 360 valence electrons. The van der Waals surface area contributed by atoms with E-state index in [2.05, 4.69) is 295 Å². The molecule has 0 aromatic heterocycles. The third-order valence-corrected chi connectivity index (χ3v) is 14.9. The van der Waals surface area contributed by atoms with E-state index in [0.717, 1.165) is 36.3 Å². The van der Waals surface area contributed by atoms with E-state index < -0.39 is 0 Å². The van der Waals surface area contributed by atoms with Crippen molar-refractivity contribution in [2.75, 3.05) is 9.80 Å². The summed E-state index contributed by atoms with van der Waals surface area (Å²) < 4.78 is 0. The lowest BCUT2D eigenvalue weighted by Crippen LogP contribution is -2.21. The zero-order chi connectivity index (χ0) is 50.5. The van der Waals surface area contributed by atoms with Gasteiger partial charge in [0.15, 0.2) is 0 Å². The maximum atomic E-state index is 2.46. The molecule has 0 heterocycles. The molecule has 0 N–H and O–H groups in total. The van der Waals surface area contributed by atoms with E-state index in [0.29, 0.717) is 0 Å². The number of aryl methyl sites for hydroxylation is 6. The smallest absolute Gasteiger partial charge is 0.0491 e. The Balaban J connectivity index is 0.948. The van der Waals surface area contributed by atoms with Gasteiger partial charge in [-0.3, -0.25) is 0 Å². The van der Waals surface area contributed by atoms with Crippen molar-refractivity contribution in [3.05, 3.63) is 276 Å². The van der Waals surface area contributed by atoms with Gasteiger partial charge in [0.25, 0.3) is 0 Å². The van der Waals surface area contributed by atoms with E-state index in [1.165, 1.54) is 101 Å². The van der Waals surface area contributed by atoms with Gasteiger partial charge in [0.05, 0.1) is 0 Å². The highest BCUT2D eigenvalue weighted by Crippen LogP contribution is 2.44. The first-order valence-electron chi connectivity index (χ1n) is 26.0. The minimum Gasteiger partial charge on any atom is -0.310 e. The number of benzene rings is 10. The van der Waals surface area contributed by atoms with Crippen LogP contribution in [0.3, 0.4) is 0 Å². The van der Waals surface area contributed by atoms with E-state index in [1.807, 2.05) is 0 Å². The fourth-order valence-electron chi connectivity index (χ4n) is 10.8. The van der Waals surface area contributed by atoms with Gasteiger partial charge in [0, 0.05) is 34.1 Å². The Labute approximate surface area is 434 Å². The van der Waals surface area contributed by atoms with Crippen LogP contribution in [0.15, 0.2) is 237 Å². The highest BCUT2D eigenvalue weighted by atomic mass is 15.1.